The number of ether oxygens (including phenoxy) is 2. The van der Waals surface area contributed by atoms with Gasteiger partial charge in [0.1, 0.15) is 25.1 Å². The van der Waals surface area contributed by atoms with Crippen LogP contribution in [0.4, 0.5) is 14.5 Å². The fraction of sp³-hybridized carbons (Fsp3) is 0.200. The minimum atomic E-state index is -1.05. The lowest BCUT2D eigenvalue weighted by atomic mass is 10.0. The molecule has 0 saturated carbocycles. The number of alkyl halides is 1. The fourth-order valence-electron chi connectivity index (χ4n) is 3.77. The summed E-state index contributed by atoms with van der Waals surface area (Å²) in [4.78, 5) is 27.7. The number of methoxy groups -OCH3 is 1. The molecular weight excluding hydrogens is 514 g/mol. The summed E-state index contributed by atoms with van der Waals surface area (Å²) in [6.45, 7) is 0.524. The Morgan fingerprint density at radius 1 is 1.18 bits per heavy atom. The zero-order valence-corrected chi connectivity index (χ0v) is 20.8. The Kier molecular flexibility index (Phi) is 7.25. The third kappa shape index (κ3) is 5.44. The molecule has 5 aromatic rings. The Balaban J connectivity index is 1.58. The smallest absolute Gasteiger partial charge is 0.350 e. The molecule has 39 heavy (non-hydrogen) atoms. The second-order valence-electron chi connectivity index (χ2n) is 8.13. The number of halogens is 2. The number of H-pyrrole nitrogens is 1. The van der Waals surface area contributed by atoms with Crippen molar-refractivity contribution in [3.8, 4) is 28.8 Å². The van der Waals surface area contributed by atoms with Crippen LogP contribution in [0.15, 0.2) is 64.2 Å². The summed E-state index contributed by atoms with van der Waals surface area (Å²) in [5.41, 5.74) is 0.630. The molecule has 0 aliphatic rings. The Morgan fingerprint density at radius 2 is 1.95 bits per heavy atom. The van der Waals surface area contributed by atoms with Crippen LogP contribution in [0, 0.1) is 12.7 Å². The quantitative estimate of drug-likeness (QED) is 0.272. The first-order valence-corrected chi connectivity index (χ1v) is 11.7. The number of rotatable bonds is 10. The van der Waals surface area contributed by atoms with Crippen LogP contribution in [0.5, 0.6) is 11.5 Å². The number of anilines is 1. The fourth-order valence-corrected chi connectivity index (χ4v) is 3.77. The lowest BCUT2D eigenvalue weighted by molar-refractivity contribution is 0.260. The van der Waals surface area contributed by atoms with Crippen LogP contribution in [-0.2, 0) is 0 Å². The van der Waals surface area contributed by atoms with Crippen molar-refractivity contribution in [2.75, 3.05) is 25.7 Å². The topological polar surface area (TPSA) is 146 Å². The molecule has 0 aliphatic heterocycles. The molecule has 3 aromatic heterocycles. The maximum atomic E-state index is 15.7. The largest absolute Gasteiger partial charge is 0.497 e. The van der Waals surface area contributed by atoms with E-state index in [0.29, 0.717) is 23.0 Å². The van der Waals surface area contributed by atoms with E-state index in [1.165, 1.54) is 31.6 Å². The Morgan fingerprint density at radius 3 is 2.62 bits per heavy atom. The van der Waals surface area contributed by atoms with E-state index in [1.54, 1.807) is 37.3 Å². The molecule has 14 heteroatoms. The molecule has 0 spiro atoms. The van der Waals surface area contributed by atoms with Crippen LogP contribution in [0.1, 0.15) is 23.3 Å². The third-order valence-electron chi connectivity index (χ3n) is 5.55. The average Bonchev–Trinajstić information content (AvgIpc) is 3.57. The minimum Gasteiger partial charge on any atom is -0.497 e. The van der Waals surface area contributed by atoms with Crippen LogP contribution in [0.2, 0.25) is 0 Å². The highest BCUT2D eigenvalue weighted by Crippen LogP contribution is 2.35. The highest BCUT2D eigenvalue weighted by Gasteiger charge is 2.27. The zero-order chi connectivity index (χ0) is 27.4. The van der Waals surface area contributed by atoms with Gasteiger partial charge < -0.3 is 19.3 Å². The molecule has 1 atom stereocenters. The molecule has 0 radical (unpaired) electrons. The lowest BCUT2D eigenvalue weighted by Gasteiger charge is -2.21. The van der Waals surface area contributed by atoms with E-state index < -0.39 is 24.2 Å². The highest BCUT2D eigenvalue weighted by atomic mass is 19.1. The number of benzene rings is 2. The van der Waals surface area contributed by atoms with E-state index in [9.17, 15) is 9.18 Å². The predicted octanol–water partition coefficient (Wildman–Crippen LogP) is 3.41. The summed E-state index contributed by atoms with van der Waals surface area (Å²) in [5, 5.41) is 11.4. The molecule has 1 unspecified atom stereocenters. The van der Waals surface area contributed by atoms with Crippen molar-refractivity contribution in [2.24, 2.45) is 0 Å². The van der Waals surface area contributed by atoms with Gasteiger partial charge in [-0.2, -0.15) is 4.98 Å². The van der Waals surface area contributed by atoms with Gasteiger partial charge in [-0.3, -0.25) is 4.98 Å². The third-order valence-corrected chi connectivity index (χ3v) is 5.55. The number of nitrogens with one attached hydrogen (secondary N) is 2. The molecule has 3 heterocycles. The van der Waals surface area contributed by atoms with Crippen molar-refractivity contribution in [2.45, 2.75) is 13.0 Å². The average molecular weight is 536 g/mol. The van der Waals surface area contributed by atoms with Crippen molar-refractivity contribution in [1.29, 1.82) is 0 Å². The van der Waals surface area contributed by atoms with E-state index in [2.05, 4.69) is 35.5 Å². The molecule has 200 valence electrons. The summed E-state index contributed by atoms with van der Waals surface area (Å²) in [6, 6.07) is 10.2. The summed E-state index contributed by atoms with van der Waals surface area (Å²) in [7, 11) is 1.40. The van der Waals surface area contributed by atoms with E-state index in [1.807, 2.05) is 0 Å². The Labute approximate surface area is 219 Å². The van der Waals surface area contributed by atoms with Gasteiger partial charge in [-0.05, 0) is 36.4 Å². The van der Waals surface area contributed by atoms with Gasteiger partial charge in [-0.15, -0.1) is 9.78 Å². The van der Waals surface area contributed by atoms with Gasteiger partial charge in [0.25, 0.3) is 5.95 Å². The van der Waals surface area contributed by atoms with E-state index in [-0.39, 0.29) is 35.4 Å². The summed E-state index contributed by atoms with van der Waals surface area (Å²) in [5.74, 6) is 0.166. The van der Waals surface area contributed by atoms with Crippen molar-refractivity contribution in [1.82, 2.24) is 34.9 Å². The van der Waals surface area contributed by atoms with Crippen molar-refractivity contribution < 1.29 is 22.8 Å². The Hall–Kier alpha value is -5.14. The van der Waals surface area contributed by atoms with Crippen molar-refractivity contribution >= 4 is 5.69 Å². The summed E-state index contributed by atoms with van der Waals surface area (Å²) >= 11 is 0. The first kappa shape index (κ1) is 25.5. The van der Waals surface area contributed by atoms with Crippen LogP contribution in [-0.4, -0.2) is 55.3 Å². The number of aryl methyl sites for hydroxylation is 1. The van der Waals surface area contributed by atoms with Crippen LogP contribution < -0.4 is 20.5 Å². The molecule has 0 bridgehead atoms. The molecule has 2 aromatic carbocycles. The van der Waals surface area contributed by atoms with Crippen LogP contribution in [0.3, 0.4) is 0 Å². The zero-order valence-electron chi connectivity index (χ0n) is 20.8. The molecule has 0 amide bonds. The number of aromatic amines is 1. The van der Waals surface area contributed by atoms with Crippen LogP contribution >= 0.6 is 0 Å². The van der Waals surface area contributed by atoms with Crippen molar-refractivity contribution in [3.63, 3.8) is 0 Å². The van der Waals surface area contributed by atoms with E-state index >= 15 is 4.39 Å². The molecule has 2 N–H and O–H groups in total. The normalized spacial score (nSPS) is 11.8. The number of nitrogens with zero attached hydrogens (tertiary/aromatic N) is 6. The first-order valence-electron chi connectivity index (χ1n) is 11.7. The predicted molar refractivity (Wildman–Crippen MR) is 134 cm³/mol. The molecule has 0 fully saturated rings. The van der Waals surface area contributed by atoms with Gasteiger partial charge in [0, 0.05) is 42.2 Å². The minimum absolute atomic E-state index is 0.0240. The second-order valence-corrected chi connectivity index (χ2v) is 8.13. The van der Waals surface area contributed by atoms with Gasteiger partial charge >= 0.3 is 5.69 Å². The molecule has 0 saturated heterocycles. The van der Waals surface area contributed by atoms with Gasteiger partial charge in [-0.1, -0.05) is 5.16 Å². The SMILES string of the molecule is COc1cc(OCCF)c(F)c(C(Nc2ccc(-c3noc(C)n3)cc2)c2nn(-c3ncccn3)c(=O)[nH]2)c1. The van der Waals surface area contributed by atoms with Crippen molar-refractivity contribution in [3.05, 3.63) is 88.4 Å². The maximum absolute atomic E-state index is 15.7. The van der Waals surface area contributed by atoms with Gasteiger partial charge in [0.15, 0.2) is 17.4 Å². The Bertz CT molecular complexity index is 1620. The van der Waals surface area contributed by atoms with Gasteiger partial charge in [0.2, 0.25) is 11.7 Å². The van der Waals surface area contributed by atoms with E-state index in [4.69, 9.17) is 14.0 Å². The monoisotopic (exact) mass is 536 g/mol. The molecular formula is C25H22F2N8O4. The molecule has 5 rings (SSSR count). The van der Waals surface area contributed by atoms with E-state index in [0.717, 1.165) is 4.68 Å². The maximum Gasteiger partial charge on any atom is 0.350 e. The lowest BCUT2D eigenvalue weighted by Crippen LogP contribution is -2.18. The van der Waals surface area contributed by atoms with Gasteiger partial charge in [0.05, 0.1) is 7.11 Å². The highest BCUT2D eigenvalue weighted by molar-refractivity contribution is 5.60. The summed E-state index contributed by atoms with van der Waals surface area (Å²) < 4.78 is 45.1. The number of aromatic nitrogens is 7. The van der Waals surface area contributed by atoms with Crippen LogP contribution in [0.25, 0.3) is 17.3 Å². The standard InChI is InChI=1S/C25H22F2N8O4/c1-14-30-22(34-39-14)15-4-6-16(7-5-15)31-21(18-12-17(37-2)13-19(20(18)27)38-11-8-26)23-32-25(36)35(33-23)24-28-9-3-10-29-24/h3-7,9-10,12-13,21,31H,8,11H2,1-2H3,(H,32,33,36). The molecule has 0 aliphatic carbocycles. The molecule has 12 nitrogen and oxygen atoms in total. The second kappa shape index (κ2) is 11.1. The van der Waals surface area contributed by atoms with Gasteiger partial charge in [-0.25, -0.2) is 23.5 Å². The number of hydrogen-bond acceptors (Lipinski definition) is 10. The first-order chi connectivity index (χ1) is 19.0. The summed E-state index contributed by atoms with van der Waals surface area (Å²) in [6.07, 6.45) is 2.92. The number of hydrogen-bond donors (Lipinski definition) is 2.